The van der Waals surface area contributed by atoms with Gasteiger partial charge in [0.05, 0.1) is 16.2 Å². The van der Waals surface area contributed by atoms with Crippen LogP contribution < -0.4 is 0 Å². The van der Waals surface area contributed by atoms with E-state index in [2.05, 4.69) is 0 Å². The molecular formula is C13H18O4S. The summed E-state index contributed by atoms with van der Waals surface area (Å²) in [6, 6.07) is 5.52. The van der Waals surface area contributed by atoms with Crippen molar-refractivity contribution >= 4 is 15.8 Å². The Morgan fingerprint density at radius 2 is 1.89 bits per heavy atom. The van der Waals surface area contributed by atoms with Gasteiger partial charge < -0.3 is 5.11 Å². The van der Waals surface area contributed by atoms with Gasteiger partial charge in [0, 0.05) is 0 Å². The van der Waals surface area contributed by atoms with Gasteiger partial charge in [-0.2, -0.15) is 0 Å². The third-order valence-corrected chi connectivity index (χ3v) is 4.93. The molecule has 0 unspecified atom stereocenters. The first-order chi connectivity index (χ1) is 8.40. The van der Waals surface area contributed by atoms with E-state index < -0.39 is 15.8 Å². The van der Waals surface area contributed by atoms with Crippen molar-refractivity contribution < 1.29 is 18.3 Å². The molecule has 0 aliphatic carbocycles. The summed E-state index contributed by atoms with van der Waals surface area (Å²) in [6.45, 7) is 3.91. The fraction of sp³-hybridized carbons (Fsp3) is 0.462. The van der Waals surface area contributed by atoms with Gasteiger partial charge in [0.1, 0.15) is 0 Å². The summed E-state index contributed by atoms with van der Waals surface area (Å²) in [6.07, 6.45) is 1.60. The highest BCUT2D eigenvalue weighted by Gasteiger charge is 2.20. The number of carboxylic acid groups (broad SMARTS) is 1. The molecule has 1 rings (SSSR count). The molecule has 100 valence electrons. The number of aromatic carboxylic acids is 1. The number of sulfone groups is 1. The van der Waals surface area contributed by atoms with Crippen LogP contribution in [0.15, 0.2) is 29.2 Å². The number of benzene rings is 1. The average Bonchev–Trinajstić information content (AvgIpc) is 2.36. The summed E-state index contributed by atoms with van der Waals surface area (Å²) in [7, 11) is -3.40. The summed E-state index contributed by atoms with van der Waals surface area (Å²) < 4.78 is 24.3. The second-order valence-corrected chi connectivity index (χ2v) is 6.33. The molecule has 0 saturated heterocycles. The molecular weight excluding hydrogens is 252 g/mol. The Hall–Kier alpha value is -1.36. The number of rotatable bonds is 6. The van der Waals surface area contributed by atoms with Gasteiger partial charge in [-0.1, -0.05) is 32.8 Å². The fourth-order valence-electron chi connectivity index (χ4n) is 1.75. The van der Waals surface area contributed by atoms with Gasteiger partial charge in [-0.25, -0.2) is 13.2 Å². The molecule has 0 aliphatic heterocycles. The molecule has 18 heavy (non-hydrogen) atoms. The molecule has 5 heteroatoms. The Bertz CT molecular complexity index is 516. The van der Waals surface area contributed by atoms with Gasteiger partial charge in [-0.3, -0.25) is 0 Å². The van der Waals surface area contributed by atoms with Crippen molar-refractivity contribution in [2.45, 2.75) is 31.6 Å². The topological polar surface area (TPSA) is 71.4 Å². The maximum absolute atomic E-state index is 12.1. The summed E-state index contributed by atoms with van der Waals surface area (Å²) in [5, 5.41) is 8.85. The van der Waals surface area contributed by atoms with Gasteiger partial charge in [0.25, 0.3) is 0 Å². The van der Waals surface area contributed by atoms with Crippen molar-refractivity contribution in [3.8, 4) is 0 Å². The Balaban J connectivity index is 3.05. The van der Waals surface area contributed by atoms with Crippen LogP contribution in [0.25, 0.3) is 0 Å². The van der Waals surface area contributed by atoms with Crippen molar-refractivity contribution in [2.24, 2.45) is 5.92 Å². The third-order valence-electron chi connectivity index (χ3n) is 3.05. The molecule has 0 saturated carbocycles. The minimum atomic E-state index is -3.40. The van der Waals surface area contributed by atoms with E-state index in [1.807, 2.05) is 13.8 Å². The van der Waals surface area contributed by atoms with Gasteiger partial charge >= 0.3 is 5.97 Å². The molecule has 0 spiro atoms. The second-order valence-electron chi connectivity index (χ2n) is 4.30. The van der Waals surface area contributed by atoms with E-state index in [1.165, 1.54) is 24.3 Å². The van der Waals surface area contributed by atoms with Crippen LogP contribution in [0.5, 0.6) is 0 Å². The predicted octanol–water partition coefficient (Wildman–Crippen LogP) is 2.59. The minimum Gasteiger partial charge on any atom is -0.478 e. The predicted molar refractivity (Wildman–Crippen MR) is 69.5 cm³/mol. The molecule has 1 aromatic rings. The van der Waals surface area contributed by atoms with Crippen LogP contribution in [-0.2, 0) is 9.84 Å². The summed E-state index contributed by atoms with van der Waals surface area (Å²) >= 11 is 0. The first kappa shape index (κ1) is 14.7. The number of carbonyl (C=O) groups is 1. The molecule has 4 nitrogen and oxygen atoms in total. The Morgan fingerprint density at radius 1 is 1.28 bits per heavy atom. The van der Waals surface area contributed by atoms with E-state index in [4.69, 9.17) is 5.11 Å². The van der Waals surface area contributed by atoms with Crippen molar-refractivity contribution in [2.75, 3.05) is 5.75 Å². The second kappa shape index (κ2) is 6.00. The van der Waals surface area contributed by atoms with E-state index in [1.54, 1.807) is 0 Å². The quantitative estimate of drug-likeness (QED) is 0.862. The minimum absolute atomic E-state index is 0.000576. The van der Waals surface area contributed by atoms with Gasteiger partial charge in [-0.15, -0.1) is 0 Å². The van der Waals surface area contributed by atoms with Crippen LogP contribution in [0.4, 0.5) is 0 Å². The molecule has 0 heterocycles. The zero-order valence-corrected chi connectivity index (χ0v) is 11.4. The summed E-state index contributed by atoms with van der Waals surface area (Å²) in [5.74, 6) is -0.929. The highest BCUT2D eigenvalue weighted by atomic mass is 32.2. The lowest BCUT2D eigenvalue weighted by atomic mass is 10.1. The van der Waals surface area contributed by atoms with Crippen LogP contribution in [0.1, 0.15) is 37.0 Å². The fourth-order valence-corrected chi connectivity index (χ4v) is 3.63. The number of hydrogen-bond donors (Lipinski definition) is 1. The van der Waals surface area contributed by atoms with E-state index in [-0.39, 0.29) is 22.1 Å². The van der Waals surface area contributed by atoms with Crippen LogP contribution in [-0.4, -0.2) is 25.2 Å². The molecule has 0 aliphatic rings. The lowest BCUT2D eigenvalue weighted by molar-refractivity contribution is 0.0696. The lowest BCUT2D eigenvalue weighted by Gasteiger charge is -2.12. The van der Waals surface area contributed by atoms with Gasteiger partial charge in [0.2, 0.25) is 0 Å². The smallest absolute Gasteiger partial charge is 0.335 e. The van der Waals surface area contributed by atoms with Crippen molar-refractivity contribution in [1.82, 2.24) is 0 Å². The Kier molecular flexibility index (Phi) is 4.90. The monoisotopic (exact) mass is 270 g/mol. The van der Waals surface area contributed by atoms with Crippen molar-refractivity contribution in [1.29, 1.82) is 0 Å². The zero-order valence-electron chi connectivity index (χ0n) is 10.6. The van der Waals surface area contributed by atoms with E-state index in [9.17, 15) is 13.2 Å². The summed E-state index contributed by atoms with van der Waals surface area (Å²) in [5.41, 5.74) is 0.000576. The maximum Gasteiger partial charge on any atom is 0.335 e. The molecule has 0 atom stereocenters. The summed E-state index contributed by atoms with van der Waals surface area (Å²) in [4.78, 5) is 10.9. The number of carboxylic acids is 1. The van der Waals surface area contributed by atoms with Crippen molar-refractivity contribution in [3.63, 3.8) is 0 Å². The molecule has 1 aromatic carbocycles. The van der Waals surface area contributed by atoms with E-state index >= 15 is 0 Å². The van der Waals surface area contributed by atoms with Gasteiger partial charge in [-0.05, 0) is 24.1 Å². The molecule has 0 aromatic heterocycles. The molecule has 0 bridgehead atoms. The molecule has 1 N–H and O–H groups in total. The first-order valence-electron chi connectivity index (χ1n) is 5.96. The van der Waals surface area contributed by atoms with Crippen LogP contribution in [0.2, 0.25) is 0 Å². The maximum atomic E-state index is 12.1. The highest BCUT2D eigenvalue weighted by Crippen LogP contribution is 2.19. The van der Waals surface area contributed by atoms with Gasteiger partial charge in [0.15, 0.2) is 9.84 Å². The normalized spacial score (nSPS) is 11.7. The largest absolute Gasteiger partial charge is 0.478 e. The van der Waals surface area contributed by atoms with Crippen LogP contribution in [0.3, 0.4) is 0 Å². The first-order valence-corrected chi connectivity index (χ1v) is 7.62. The highest BCUT2D eigenvalue weighted by molar-refractivity contribution is 7.91. The molecule has 0 amide bonds. The lowest BCUT2D eigenvalue weighted by Crippen LogP contribution is -2.15. The SMILES string of the molecule is CCC(CC)CS(=O)(=O)c1cccc(C(=O)O)c1. The Morgan fingerprint density at radius 3 is 2.39 bits per heavy atom. The molecule has 0 fully saturated rings. The zero-order chi connectivity index (χ0) is 13.8. The average molecular weight is 270 g/mol. The van der Waals surface area contributed by atoms with Crippen LogP contribution >= 0.6 is 0 Å². The molecule has 0 radical (unpaired) electrons. The van der Waals surface area contributed by atoms with Crippen molar-refractivity contribution in [3.05, 3.63) is 29.8 Å². The Labute approximate surface area is 108 Å². The third kappa shape index (κ3) is 3.57. The van der Waals surface area contributed by atoms with E-state index in [0.717, 1.165) is 12.8 Å². The standard InChI is InChI=1S/C13H18O4S/c1-3-10(4-2)9-18(16,17)12-7-5-6-11(8-12)13(14)15/h5-8,10H,3-4,9H2,1-2H3,(H,14,15). The van der Waals surface area contributed by atoms with Crippen LogP contribution in [0, 0.1) is 5.92 Å². The van der Waals surface area contributed by atoms with E-state index in [0.29, 0.717) is 0 Å². The number of hydrogen-bond acceptors (Lipinski definition) is 3.